The van der Waals surface area contributed by atoms with Crippen molar-refractivity contribution < 1.29 is 9.53 Å². The number of hydrogen-bond donors (Lipinski definition) is 0. The largest absolute Gasteiger partial charge is 0.380 e. The molecule has 0 bridgehead atoms. The van der Waals surface area contributed by atoms with E-state index in [2.05, 4.69) is 27.2 Å². The maximum atomic E-state index is 12.9. The maximum Gasteiger partial charge on any atom is 0.320 e. The number of amides is 2. The summed E-state index contributed by atoms with van der Waals surface area (Å²) in [5.41, 5.74) is 6.08. The van der Waals surface area contributed by atoms with Crippen LogP contribution in [-0.2, 0) is 11.8 Å². The van der Waals surface area contributed by atoms with Gasteiger partial charge in [0, 0.05) is 93.8 Å². The number of rotatable bonds is 4. The maximum absolute atomic E-state index is 12.9. The fraction of sp³-hybridized carbons (Fsp3) is 0.393. The van der Waals surface area contributed by atoms with Crippen LogP contribution in [0.3, 0.4) is 0 Å². The van der Waals surface area contributed by atoms with Crippen LogP contribution in [0.5, 0.6) is 0 Å². The number of aromatic nitrogens is 5. The molecule has 1 atom stereocenters. The zero-order valence-electron chi connectivity index (χ0n) is 22.4. The lowest BCUT2D eigenvalue weighted by Crippen LogP contribution is -2.52. The molecule has 0 N–H and O–H groups in total. The number of carbonyl (C=O) groups excluding carboxylic acids is 1. The van der Waals surface area contributed by atoms with Crippen LogP contribution in [0, 0.1) is 18.3 Å². The lowest BCUT2D eigenvalue weighted by molar-refractivity contribution is 0.105. The van der Waals surface area contributed by atoms with Crippen LogP contribution in [-0.4, -0.2) is 92.7 Å². The highest BCUT2D eigenvalue weighted by atomic mass is 16.5. The number of ether oxygens (including phenoxy) is 1. The molecule has 6 rings (SSSR count). The van der Waals surface area contributed by atoms with Crippen LogP contribution in [0.15, 0.2) is 43.0 Å². The van der Waals surface area contributed by atoms with Gasteiger partial charge in [-0.15, -0.1) is 0 Å². The highest BCUT2D eigenvalue weighted by Crippen LogP contribution is 2.33. The molecule has 11 nitrogen and oxygen atoms in total. The summed E-state index contributed by atoms with van der Waals surface area (Å²) >= 11 is 0. The molecule has 2 amide bonds. The van der Waals surface area contributed by atoms with Crippen molar-refractivity contribution in [2.75, 3.05) is 51.3 Å². The first-order valence-electron chi connectivity index (χ1n) is 13.1. The molecule has 39 heavy (non-hydrogen) atoms. The van der Waals surface area contributed by atoms with Gasteiger partial charge in [0.2, 0.25) is 0 Å². The second-order valence-electron chi connectivity index (χ2n) is 10.1. The average Bonchev–Trinajstić information content (AvgIpc) is 3.71. The number of hydrogen-bond acceptors (Lipinski definition) is 7. The van der Waals surface area contributed by atoms with Gasteiger partial charge < -0.3 is 19.4 Å². The quantitative estimate of drug-likeness (QED) is 0.403. The molecular weight excluding hydrogens is 494 g/mol. The van der Waals surface area contributed by atoms with Crippen molar-refractivity contribution in [3.05, 3.63) is 54.2 Å². The molecule has 2 aliphatic heterocycles. The number of pyridine rings is 2. The highest BCUT2D eigenvalue weighted by Gasteiger charge is 2.31. The summed E-state index contributed by atoms with van der Waals surface area (Å²) in [5.74, 6) is 0.871. The second-order valence-corrected chi connectivity index (χ2v) is 10.1. The van der Waals surface area contributed by atoms with E-state index in [-0.39, 0.29) is 12.1 Å². The first-order chi connectivity index (χ1) is 19.0. The van der Waals surface area contributed by atoms with Crippen LogP contribution < -0.4 is 4.90 Å². The molecule has 0 saturated carbocycles. The van der Waals surface area contributed by atoms with Gasteiger partial charge >= 0.3 is 6.03 Å². The minimum absolute atomic E-state index is 0.0966. The van der Waals surface area contributed by atoms with Crippen molar-refractivity contribution in [3.8, 4) is 28.3 Å². The number of likely N-dealkylation sites (tertiary alicyclic amines) is 1. The number of carbonyl (C=O) groups is 1. The SMILES string of the molecule is COC1CCN(C(=O)N2CCN(c3ccc(-c4cc(-c5cnn(C)c5C)cn5ncc(C#N)c45)cn3)CC2)C1. The van der Waals surface area contributed by atoms with Gasteiger partial charge in [0.05, 0.1) is 29.6 Å². The average molecular weight is 526 g/mol. The van der Waals surface area contributed by atoms with E-state index >= 15 is 0 Å². The predicted octanol–water partition coefficient (Wildman–Crippen LogP) is 2.94. The number of methoxy groups -OCH3 is 1. The summed E-state index contributed by atoms with van der Waals surface area (Å²) in [6, 6.07) is 8.49. The first-order valence-corrected chi connectivity index (χ1v) is 13.1. The summed E-state index contributed by atoms with van der Waals surface area (Å²) in [6.07, 6.45) is 8.26. The van der Waals surface area contributed by atoms with Gasteiger partial charge in [-0.3, -0.25) is 4.68 Å². The van der Waals surface area contributed by atoms with Crippen molar-refractivity contribution >= 4 is 17.4 Å². The van der Waals surface area contributed by atoms with Crippen molar-refractivity contribution in [3.63, 3.8) is 0 Å². The van der Waals surface area contributed by atoms with Crippen molar-refractivity contribution in [2.45, 2.75) is 19.4 Å². The fourth-order valence-corrected chi connectivity index (χ4v) is 5.51. The van der Waals surface area contributed by atoms with Gasteiger partial charge in [0.25, 0.3) is 0 Å². The Bertz CT molecular complexity index is 1560. The first kappa shape index (κ1) is 24.9. The van der Waals surface area contributed by atoms with Gasteiger partial charge in [-0.2, -0.15) is 15.5 Å². The molecule has 2 saturated heterocycles. The van der Waals surface area contributed by atoms with Crippen LogP contribution in [0.2, 0.25) is 0 Å². The Hall–Kier alpha value is -4.43. The van der Waals surface area contributed by atoms with Gasteiger partial charge in [-0.1, -0.05) is 0 Å². The zero-order valence-corrected chi connectivity index (χ0v) is 22.4. The third kappa shape index (κ3) is 4.46. The molecule has 6 heterocycles. The van der Waals surface area contributed by atoms with E-state index in [4.69, 9.17) is 9.72 Å². The third-order valence-corrected chi connectivity index (χ3v) is 7.96. The minimum Gasteiger partial charge on any atom is -0.380 e. The van der Waals surface area contributed by atoms with Crippen LogP contribution >= 0.6 is 0 Å². The number of urea groups is 1. The number of aryl methyl sites for hydroxylation is 1. The zero-order chi connectivity index (χ0) is 27.1. The van der Waals surface area contributed by atoms with Crippen molar-refractivity contribution in [2.24, 2.45) is 7.05 Å². The topological polar surface area (TPSA) is 108 Å². The fourth-order valence-electron chi connectivity index (χ4n) is 5.51. The molecule has 2 aliphatic rings. The second kappa shape index (κ2) is 10.0. The number of fused-ring (bicyclic) bond motifs is 1. The van der Waals surface area contributed by atoms with E-state index in [9.17, 15) is 10.1 Å². The normalized spacial score (nSPS) is 17.7. The standard InChI is InChI=1S/C28H31N9O2/c1-19-25(16-31-33(19)2)21-12-24(27-22(13-29)15-32-37(27)17-21)20-4-5-26(30-14-20)34-8-10-35(11-9-34)28(38)36-7-6-23(18-36)39-3/h4-5,12,14-17,23H,6-11,18H2,1-3H3. The molecule has 0 aromatic carbocycles. The van der Waals surface area contributed by atoms with Gasteiger partial charge in [0.15, 0.2) is 0 Å². The van der Waals surface area contributed by atoms with Gasteiger partial charge in [0.1, 0.15) is 11.9 Å². The Morgan fingerprint density at radius 2 is 1.85 bits per heavy atom. The Morgan fingerprint density at radius 3 is 2.49 bits per heavy atom. The molecule has 0 radical (unpaired) electrons. The Balaban J connectivity index is 1.22. The molecule has 0 aliphatic carbocycles. The van der Waals surface area contributed by atoms with E-state index in [1.807, 2.05) is 59.2 Å². The number of nitrogens with zero attached hydrogens (tertiary/aromatic N) is 9. The highest BCUT2D eigenvalue weighted by molar-refractivity contribution is 5.87. The van der Waals surface area contributed by atoms with Gasteiger partial charge in [-0.05, 0) is 31.5 Å². The summed E-state index contributed by atoms with van der Waals surface area (Å²) in [5, 5.41) is 18.6. The summed E-state index contributed by atoms with van der Waals surface area (Å²) in [7, 11) is 3.62. The third-order valence-electron chi connectivity index (χ3n) is 7.96. The smallest absolute Gasteiger partial charge is 0.320 e. The molecule has 1 unspecified atom stereocenters. The van der Waals surface area contributed by atoms with E-state index in [1.54, 1.807) is 17.8 Å². The van der Waals surface area contributed by atoms with Crippen molar-refractivity contribution in [1.82, 2.24) is 34.2 Å². The van der Waals surface area contributed by atoms with E-state index in [0.717, 1.165) is 65.3 Å². The Labute approximate surface area is 226 Å². The molecule has 200 valence electrons. The molecule has 0 spiro atoms. The number of nitriles is 1. The lowest BCUT2D eigenvalue weighted by Gasteiger charge is -2.37. The van der Waals surface area contributed by atoms with Crippen LogP contribution in [0.4, 0.5) is 10.6 Å². The molecule has 2 fully saturated rings. The van der Waals surface area contributed by atoms with E-state index < -0.39 is 0 Å². The predicted molar refractivity (Wildman–Crippen MR) is 146 cm³/mol. The number of piperazine rings is 1. The Kier molecular flexibility index (Phi) is 6.40. The summed E-state index contributed by atoms with van der Waals surface area (Å²) in [4.78, 5) is 23.7. The lowest BCUT2D eigenvalue weighted by atomic mass is 10.0. The van der Waals surface area contributed by atoms with Crippen molar-refractivity contribution in [1.29, 1.82) is 5.26 Å². The molecule has 4 aromatic rings. The Morgan fingerprint density at radius 1 is 1.03 bits per heavy atom. The van der Waals surface area contributed by atoms with Crippen LogP contribution in [0.25, 0.3) is 27.8 Å². The molecule has 4 aromatic heterocycles. The summed E-state index contributed by atoms with van der Waals surface area (Å²) in [6.45, 7) is 6.21. The van der Waals surface area contributed by atoms with E-state index in [1.165, 1.54) is 0 Å². The minimum atomic E-state index is 0.0966. The van der Waals surface area contributed by atoms with Crippen LogP contribution in [0.1, 0.15) is 17.7 Å². The molecular formula is C28H31N9O2. The number of anilines is 1. The molecule has 11 heteroatoms. The summed E-state index contributed by atoms with van der Waals surface area (Å²) < 4.78 is 9.01. The van der Waals surface area contributed by atoms with E-state index in [0.29, 0.717) is 25.2 Å². The monoisotopic (exact) mass is 525 g/mol. The van der Waals surface area contributed by atoms with Gasteiger partial charge in [-0.25, -0.2) is 14.3 Å².